The van der Waals surface area contributed by atoms with Crippen molar-refractivity contribution in [2.75, 3.05) is 18.0 Å². The van der Waals surface area contributed by atoms with Gasteiger partial charge >= 0.3 is 0 Å². The summed E-state index contributed by atoms with van der Waals surface area (Å²) in [5.74, 6) is 1.08. The molecule has 82 valence electrons. The molecule has 2 N–H and O–H groups in total. The lowest BCUT2D eigenvalue weighted by atomic mass is 10.1. The largest absolute Gasteiger partial charge is 0.355 e. The Morgan fingerprint density at radius 2 is 2.40 bits per heavy atom. The molecule has 2 heterocycles. The van der Waals surface area contributed by atoms with Gasteiger partial charge in [0.1, 0.15) is 5.82 Å². The van der Waals surface area contributed by atoms with Gasteiger partial charge in [-0.25, -0.2) is 4.98 Å². The fourth-order valence-corrected chi connectivity index (χ4v) is 2.51. The number of pyridine rings is 1. The molecule has 1 atom stereocenters. The predicted molar refractivity (Wildman–Crippen MR) is 66.1 cm³/mol. The van der Waals surface area contributed by atoms with Crippen molar-refractivity contribution in [3.63, 3.8) is 0 Å². The highest BCUT2D eigenvalue weighted by Crippen LogP contribution is 2.23. The minimum absolute atomic E-state index is 0.295. The monoisotopic (exact) mass is 269 g/mol. The molecule has 1 aliphatic rings. The Bertz CT molecular complexity index is 354. The van der Waals surface area contributed by atoms with E-state index in [1.165, 1.54) is 12.0 Å². The van der Waals surface area contributed by atoms with Gasteiger partial charge in [0.25, 0.3) is 0 Å². The smallest absolute Gasteiger partial charge is 0.131 e. The molecule has 0 radical (unpaired) electrons. The molecule has 1 saturated heterocycles. The first-order valence-corrected chi connectivity index (χ1v) is 6.09. The molecule has 4 heteroatoms. The van der Waals surface area contributed by atoms with Gasteiger partial charge in [0.2, 0.25) is 0 Å². The Morgan fingerprint density at radius 1 is 1.60 bits per heavy atom. The lowest BCUT2D eigenvalue weighted by Gasteiger charge is -2.32. The summed E-state index contributed by atoms with van der Waals surface area (Å²) < 4.78 is 1.03. The number of rotatable bonds is 1. The topological polar surface area (TPSA) is 42.2 Å². The van der Waals surface area contributed by atoms with Crippen molar-refractivity contribution < 1.29 is 0 Å². The van der Waals surface area contributed by atoms with Crippen molar-refractivity contribution in [1.82, 2.24) is 4.98 Å². The molecular weight excluding hydrogens is 254 g/mol. The van der Waals surface area contributed by atoms with E-state index in [0.29, 0.717) is 6.04 Å². The van der Waals surface area contributed by atoms with Crippen LogP contribution in [0.25, 0.3) is 0 Å². The van der Waals surface area contributed by atoms with Crippen LogP contribution in [-0.4, -0.2) is 24.1 Å². The molecule has 2 rings (SSSR count). The Balaban J connectivity index is 2.21. The van der Waals surface area contributed by atoms with Crippen molar-refractivity contribution >= 4 is 21.7 Å². The van der Waals surface area contributed by atoms with Crippen molar-refractivity contribution in [1.29, 1.82) is 0 Å². The number of hydrogen-bond acceptors (Lipinski definition) is 3. The van der Waals surface area contributed by atoms with Gasteiger partial charge in [0.05, 0.1) is 0 Å². The van der Waals surface area contributed by atoms with Crippen LogP contribution in [0.3, 0.4) is 0 Å². The molecule has 1 fully saturated rings. The second-order valence-electron chi connectivity index (χ2n) is 4.14. The van der Waals surface area contributed by atoms with Crippen LogP contribution in [-0.2, 0) is 0 Å². The minimum atomic E-state index is 0.295. The number of piperidine rings is 1. The van der Waals surface area contributed by atoms with Gasteiger partial charge in [-0.3, -0.25) is 0 Å². The van der Waals surface area contributed by atoms with Gasteiger partial charge in [-0.05, 0) is 47.3 Å². The first-order chi connectivity index (χ1) is 7.16. The van der Waals surface area contributed by atoms with Gasteiger partial charge in [0, 0.05) is 29.8 Å². The van der Waals surface area contributed by atoms with Crippen LogP contribution in [0, 0.1) is 6.92 Å². The van der Waals surface area contributed by atoms with Gasteiger partial charge in [-0.1, -0.05) is 0 Å². The summed E-state index contributed by atoms with van der Waals surface area (Å²) >= 11 is 3.43. The second kappa shape index (κ2) is 4.49. The van der Waals surface area contributed by atoms with Gasteiger partial charge in [-0.2, -0.15) is 0 Å². The normalized spacial score (nSPS) is 21.8. The van der Waals surface area contributed by atoms with E-state index in [1.807, 2.05) is 6.20 Å². The number of halogens is 1. The zero-order valence-corrected chi connectivity index (χ0v) is 10.5. The molecule has 0 bridgehead atoms. The van der Waals surface area contributed by atoms with Gasteiger partial charge in [-0.15, -0.1) is 0 Å². The molecule has 0 aliphatic carbocycles. The molecule has 1 aromatic rings. The lowest BCUT2D eigenvalue weighted by molar-refractivity contribution is 0.502. The molecule has 3 nitrogen and oxygen atoms in total. The quantitative estimate of drug-likeness (QED) is 0.849. The van der Waals surface area contributed by atoms with E-state index >= 15 is 0 Å². The van der Waals surface area contributed by atoms with Crippen LogP contribution in [0.15, 0.2) is 16.7 Å². The number of nitrogens with zero attached hydrogens (tertiary/aromatic N) is 2. The zero-order valence-electron chi connectivity index (χ0n) is 8.91. The van der Waals surface area contributed by atoms with Crippen molar-refractivity contribution in [3.8, 4) is 0 Å². The van der Waals surface area contributed by atoms with Crippen LogP contribution < -0.4 is 10.6 Å². The fourth-order valence-electron chi connectivity index (χ4n) is 2.07. The van der Waals surface area contributed by atoms with E-state index in [1.54, 1.807) is 0 Å². The number of anilines is 1. The first kappa shape index (κ1) is 10.9. The number of nitrogens with two attached hydrogens (primary N) is 1. The highest BCUT2D eigenvalue weighted by atomic mass is 79.9. The van der Waals surface area contributed by atoms with E-state index in [4.69, 9.17) is 5.73 Å². The second-order valence-corrected chi connectivity index (χ2v) is 5.06. The third-order valence-corrected chi connectivity index (χ3v) is 3.21. The van der Waals surface area contributed by atoms with Crippen LogP contribution in [0.4, 0.5) is 5.82 Å². The van der Waals surface area contributed by atoms with Crippen LogP contribution in [0.5, 0.6) is 0 Å². The number of hydrogen-bond donors (Lipinski definition) is 1. The van der Waals surface area contributed by atoms with E-state index in [2.05, 4.69) is 38.8 Å². The summed E-state index contributed by atoms with van der Waals surface area (Å²) in [6.07, 6.45) is 4.15. The van der Waals surface area contributed by atoms with Gasteiger partial charge in [0.15, 0.2) is 0 Å². The Hall–Kier alpha value is -0.610. The highest BCUT2D eigenvalue weighted by molar-refractivity contribution is 9.10. The van der Waals surface area contributed by atoms with E-state index in [9.17, 15) is 0 Å². The molecule has 0 saturated carbocycles. The predicted octanol–water partition coefficient (Wildman–Crippen LogP) is 2.08. The SMILES string of the molecule is Cc1cc(Br)cnc1N1CCC[C@@H](N)C1. The summed E-state index contributed by atoms with van der Waals surface area (Å²) in [5, 5.41) is 0. The zero-order chi connectivity index (χ0) is 10.8. The molecule has 0 spiro atoms. The summed E-state index contributed by atoms with van der Waals surface area (Å²) in [5.41, 5.74) is 7.17. The molecule has 1 aromatic heterocycles. The van der Waals surface area contributed by atoms with Gasteiger partial charge < -0.3 is 10.6 Å². The fraction of sp³-hybridized carbons (Fsp3) is 0.545. The van der Waals surface area contributed by atoms with Crippen molar-refractivity contribution in [3.05, 3.63) is 22.3 Å². The van der Waals surface area contributed by atoms with Crippen LogP contribution in [0.1, 0.15) is 18.4 Å². The van der Waals surface area contributed by atoms with E-state index in [-0.39, 0.29) is 0 Å². The van der Waals surface area contributed by atoms with Crippen LogP contribution in [0.2, 0.25) is 0 Å². The van der Waals surface area contributed by atoms with E-state index in [0.717, 1.165) is 29.8 Å². The first-order valence-electron chi connectivity index (χ1n) is 5.29. The average molecular weight is 270 g/mol. The summed E-state index contributed by atoms with van der Waals surface area (Å²) in [6.45, 7) is 4.09. The average Bonchev–Trinajstić information content (AvgIpc) is 2.17. The standard InChI is InChI=1S/C11H16BrN3/c1-8-5-9(12)6-14-11(8)15-4-2-3-10(13)7-15/h5-6,10H,2-4,7,13H2,1H3/t10-/m1/s1. The molecule has 0 aromatic carbocycles. The van der Waals surface area contributed by atoms with Crippen molar-refractivity contribution in [2.24, 2.45) is 5.73 Å². The number of aromatic nitrogens is 1. The molecule has 0 unspecified atom stereocenters. The maximum atomic E-state index is 5.96. The Labute approximate surface area is 98.8 Å². The third-order valence-electron chi connectivity index (χ3n) is 2.77. The summed E-state index contributed by atoms with van der Waals surface area (Å²) in [6, 6.07) is 2.39. The molecule has 0 amide bonds. The Morgan fingerprint density at radius 3 is 3.07 bits per heavy atom. The summed E-state index contributed by atoms with van der Waals surface area (Å²) in [7, 11) is 0. The Kier molecular flexibility index (Phi) is 3.26. The maximum Gasteiger partial charge on any atom is 0.131 e. The summed E-state index contributed by atoms with van der Waals surface area (Å²) in [4.78, 5) is 6.75. The maximum absolute atomic E-state index is 5.96. The minimum Gasteiger partial charge on any atom is -0.355 e. The van der Waals surface area contributed by atoms with E-state index < -0.39 is 0 Å². The molecule has 15 heavy (non-hydrogen) atoms. The van der Waals surface area contributed by atoms with Crippen molar-refractivity contribution in [2.45, 2.75) is 25.8 Å². The van der Waals surface area contributed by atoms with Crippen LogP contribution >= 0.6 is 15.9 Å². The highest BCUT2D eigenvalue weighted by Gasteiger charge is 2.19. The molecule has 1 aliphatic heterocycles. The lowest BCUT2D eigenvalue weighted by Crippen LogP contribution is -2.43. The molecular formula is C11H16BrN3. The third kappa shape index (κ3) is 2.49. The number of aryl methyl sites for hydroxylation is 1.